The molecular formula is C18H15N3O6. The number of aromatic nitrogens is 1. The van der Waals surface area contributed by atoms with Crippen LogP contribution in [-0.2, 0) is 6.54 Å². The van der Waals surface area contributed by atoms with Crippen molar-refractivity contribution < 1.29 is 18.9 Å². The highest BCUT2D eigenvalue weighted by Gasteiger charge is 2.17. The molecule has 1 amide bonds. The molecule has 3 rings (SSSR count). The van der Waals surface area contributed by atoms with Gasteiger partial charge in [-0.25, -0.2) is 0 Å². The maximum Gasteiger partial charge on any atom is 0.291 e. The summed E-state index contributed by atoms with van der Waals surface area (Å²) < 4.78 is 12.0. The Morgan fingerprint density at radius 3 is 2.78 bits per heavy atom. The molecular weight excluding hydrogens is 354 g/mol. The fraction of sp³-hybridized carbons (Fsp3) is 0.111. The van der Waals surface area contributed by atoms with Crippen LogP contribution in [0.3, 0.4) is 0 Å². The second kappa shape index (κ2) is 7.56. The van der Waals surface area contributed by atoms with Crippen molar-refractivity contribution in [1.82, 2.24) is 4.57 Å². The van der Waals surface area contributed by atoms with Crippen LogP contribution in [0.5, 0.6) is 5.75 Å². The maximum atomic E-state index is 12.4. The van der Waals surface area contributed by atoms with Crippen molar-refractivity contribution in [1.29, 1.82) is 0 Å². The molecule has 0 unspecified atom stereocenters. The Kier molecular flexibility index (Phi) is 5.02. The zero-order chi connectivity index (χ0) is 19.4. The number of ether oxygens (including phenoxy) is 1. The number of pyridine rings is 1. The number of hydrogen-bond acceptors (Lipinski definition) is 6. The molecule has 2 aromatic heterocycles. The number of nitro benzene ring substituents is 1. The minimum absolute atomic E-state index is 0.00235. The summed E-state index contributed by atoms with van der Waals surface area (Å²) in [6.07, 6.45) is 1.61. The van der Waals surface area contributed by atoms with Crippen molar-refractivity contribution in [2.75, 3.05) is 12.4 Å². The molecule has 0 spiro atoms. The number of carbonyl (C=O) groups excluding carboxylic acids is 1. The van der Waals surface area contributed by atoms with E-state index in [0.717, 1.165) is 0 Å². The first kappa shape index (κ1) is 17.9. The molecule has 9 nitrogen and oxygen atoms in total. The maximum absolute atomic E-state index is 12.4. The van der Waals surface area contributed by atoms with Crippen LogP contribution in [0, 0.1) is 10.1 Å². The predicted molar refractivity (Wildman–Crippen MR) is 96.1 cm³/mol. The summed E-state index contributed by atoms with van der Waals surface area (Å²) in [4.78, 5) is 34.5. The summed E-state index contributed by atoms with van der Waals surface area (Å²) in [7, 11) is 1.39. The molecule has 0 saturated carbocycles. The van der Waals surface area contributed by atoms with Gasteiger partial charge in [-0.15, -0.1) is 0 Å². The van der Waals surface area contributed by atoms with Crippen LogP contribution >= 0.6 is 0 Å². The third-order valence-corrected chi connectivity index (χ3v) is 3.75. The molecule has 1 aromatic carbocycles. The minimum Gasteiger partial charge on any atom is -0.495 e. The second-order valence-electron chi connectivity index (χ2n) is 5.53. The zero-order valence-corrected chi connectivity index (χ0v) is 14.2. The van der Waals surface area contributed by atoms with Crippen LogP contribution in [0.25, 0.3) is 0 Å². The van der Waals surface area contributed by atoms with Gasteiger partial charge in [-0.3, -0.25) is 19.7 Å². The fourth-order valence-corrected chi connectivity index (χ4v) is 2.44. The summed E-state index contributed by atoms with van der Waals surface area (Å²) in [5.41, 5.74) is -0.232. The number of anilines is 1. The van der Waals surface area contributed by atoms with E-state index in [-0.39, 0.29) is 35.0 Å². The van der Waals surface area contributed by atoms with Gasteiger partial charge in [0, 0.05) is 24.4 Å². The van der Waals surface area contributed by atoms with Gasteiger partial charge in [0.25, 0.3) is 17.2 Å². The van der Waals surface area contributed by atoms with Crippen LogP contribution in [0.4, 0.5) is 11.4 Å². The Morgan fingerprint density at radius 1 is 1.26 bits per heavy atom. The van der Waals surface area contributed by atoms with E-state index in [1.54, 1.807) is 24.4 Å². The summed E-state index contributed by atoms with van der Waals surface area (Å²) in [5, 5.41) is 13.4. The molecule has 0 fully saturated rings. The molecule has 0 atom stereocenters. The van der Waals surface area contributed by atoms with E-state index in [1.165, 1.54) is 42.0 Å². The highest BCUT2D eigenvalue weighted by Crippen LogP contribution is 2.29. The Bertz CT molecular complexity index is 1050. The smallest absolute Gasteiger partial charge is 0.291 e. The van der Waals surface area contributed by atoms with Crippen molar-refractivity contribution in [2.24, 2.45) is 0 Å². The molecule has 9 heteroatoms. The number of benzene rings is 1. The van der Waals surface area contributed by atoms with Gasteiger partial charge < -0.3 is 19.0 Å². The molecule has 27 heavy (non-hydrogen) atoms. The van der Waals surface area contributed by atoms with Gasteiger partial charge in [-0.1, -0.05) is 6.07 Å². The molecule has 0 aliphatic heterocycles. The van der Waals surface area contributed by atoms with Gasteiger partial charge in [-0.2, -0.15) is 0 Å². The number of rotatable bonds is 6. The van der Waals surface area contributed by atoms with E-state index in [4.69, 9.17) is 9.15 Å². The third-order valence-electron chi connectivity index (χ3n) is 3.75. The number of hydrogen-bond donors (Lipinski definition) is 1. The van der Waals surface area contributed by atoms with Crippen LogP contribution in [0.1, 0.15) is 16.3 Å². The summed E-state index contributed by atoms with van der Waals surface area (Å²) in [5.74, 6) is 0.0963. The largest absolute Gasteiger partial charge is 0.495 e. The van der Waals surface area contributed by atoms with Crippen LogP contribution in [-0.4, -0.2) is 22.5 Å². The van der Waals surface area contributed by atoms with E-state index in [9.17, 15) is 19.7 Å². The number of nitrogens with zero attached hydrogens (tertiary/aromatic N) is 2. The molecule has 3 aromatic rings. The molecule has 138 valence electrons. The summed E-state index contributed by atoms with van der Waals surface area (Å²) in [6.45, 7) is 0.174. The van der Waals surface area contributed by atoms with Gasteiger partial charge in [0.2, 0.25) is 0 Å². The predicted octanol–water partition coefficient (Wildman–Crippen LogP) is 2.66. The van der Waals surface area contributed by atoms with Crippen LogP contribution in [0.2, 0.25) is 0 Å². The Balaban J connectivity index is 1.79. The zero-order valence-electron chi connectivity index (χ0n) is 14.2. The highest BCUT2D eigenvalue weighted by molar-refractivity contribution is 6.03. The topological polar surface area (TPSA) is 117 Å². The molecule has 0 aliphatic carbocycles. The third kappa shape index (κ3) is 4.03. The SMILES string of the molecule is COc1ccc([N+](=O)[O-])cc1NC(=O)c1ccc(Cn2ccccc2=O)o1. The van der Waals surface area contributed by atoms with Crippen LogP contribution < -0.4 is 15.6 Å². The van der Waals surface area contributed by atoms with Crippen molar-refractivity contribution in [2.45, 2.75) is 6.54 Å². The number of nitrogens with one attached hydrogen (secondary N) is 1. The van der Waals surface area contributed by atoms with Crippen molar-refractivity contribution in [3.8, 4) is 5.75 Å². The van der Waals surface area contributed by atoms with Crippen molar-refractivity contribution >= 4 is 17.3 Å². The fourth-order valence-electron chi connectivity index (χ4n) is 2.44. The van der Waals surface area contributed by atoms with E-state index >= 15 is 0 Å². The molecule has 2 heterocycles. The Morgan fingerprint density at radius 2 is 2.07 bits per heavy atom. The lowest BCUT2D eigenvalue weighted by Crippen LogP contribution is -2.18. The number of methoxy groups -OCH3 is 1. The van der Waals surface area contributed by atoms with E-state index in [0.29, 0.717) is 5.76 Å². The number of non-ortho nitro benzene ring substituents is 1. The molecule has 1 N–H and O–H groups in total. The molecule has 0 radical (unpaired) electrons. The van der Waals surface area contributed by atoms with E-state index in [2.05, 4.69) is 5.32 Å². The van der Waals surface area contributed by atoms with Gasteiger partial charge >= 0.3 is 0 Å². The lowest BCUT2D eigenvalue weighted by molar-refractivity contribution is -0.384. The van der Waals surface area contributed by atoms with Gasteiger partial charge in [0.1, 0.15) is 11.5 Å². The van der Waals surface area contributed by atoms with Gasteiger partial charge in [0.15, 0.2) is 5.76 Å². The Labute approximate surface area is 153 Å². The first-order valence-electron chi connectivity index (χ1n) is 7.86. The molecule has 0 saturated heterocycles. The molecule has 0 aliphatic rings. The minimum atomic E-state index is -0.597. The lowest BCUT2D eigenvalue weighted by atomic mass is 10.2. The lowest BCUT2D eigenvalue weighted by Gasteiger charge is -2.09. The molecule has 0 bridgehead atoms. The van der Waals surface area contributed by atoms with Crippen molar-refractivity contribution in [3.63, 3.8) is 0 Å². The summed E-state index contributed by atoms with van der Waals surface area (Å²) in [6, 6.07) is 11.7. The number of nitro groups is 1. The number of amides is 1. The highest BCUT2D eigenvalue weighted by atomic mass is 16.6. The number of furan rings is 1. The van der Waals surface area contributed by atoms with E-state index in [1.807, 2.05) is 0 Å². The standard InChI is InChI=1S/C18H15N3O6/c1-26-15-7-5-12(21(24)25)10-14(15)19-18(23)16-8-6-13(27-16)11-20-9-3-2-4-17(20)22/h2-10H,11H2,1H3,(H,19,23). The van der Waals surface area contributed by atoms with Crippen molar-refractivity contribution in [3.05, 3.63) is 86.7 Å². The first-order valence-corrected chi connectivity index (χ1v) is 7.86. The summed E-state index contributed by atoms with van der Waals surface area (Å²) >= 11 is 0. The average Bonchev–Trinajstić information content (AvgIpc) is 3.12. The Hall–Kier alpha value is -3.88. The van der Waals surface area contributed by atoms with Gasteiger partial charge in [-0.05, 0) is 24.3 Å². The monoisotopic (exact) mass is 369 g/mol. The van der Waals surface area contributed by atoms with E-state index < -0.39 is 10.8 Å². The second-order valence-corrected chi connectivity index (χ2v) is 5.53. The number of carbonyl (C=O) groups is 1. The van der Waals surface area contributed by atoms with Crippen LogP contribution in [0.15, 0.2) is 63.9 Å². The average molecular weight is 369 g/mol. The van der Waals surface area contributed by atoms with Gasteiger partial charge in [0.05, 0.1) is 24.3 Å². The normalized spacial score (nSPS) is 10.4. The first-order chi connectivity index (χ1) is 13.0. The quantitative estimate of drug-likeness (QED) is 0.527.